The summed E-state index contributed by atoms with van der Waals surface area (Å²) in [6.07, 6.45) is 0.785. The largest absolute Gasteiger partial charge is 0.457 e. The number of nitriles is 1. The molecule has 164 valence electrons. The van der Waals surface area contributed by atoms with Crippen LogP contribution in [0.5, 0.6) is 0 Å². The Kier molecular flexibility index (Phi) is 7.40. The van der Waals surface area contributed by atoms with E-state index in [2.05, 4.69) is 19.9 Å². The van der Waals surface area contributed by atoms with Gasteiger partial charge >= 0.3 is 5.97 Å². The van der Waals surface area contributed by atoms with Gasteiger partial charge in [0.05, 0.1) is 22.9 Å². The fraction of sp³-hybridized carbons (Fsp3) is 0.296. The third-order valence-electron chi connectivity index (χ3n) is 5.37. The summed E-state index contributed by atoms with van der Waals surface area (Å²) in [7, 11) is 0. The van der Waals surface area contributed by atoms with Gasteiger partial charge in [-0.15, -0.1) is 0 Å². The van der Waals surface area contributed by atoms with Gasteiger partial charge in [0.2, 0.25) is 0 Å². The van der Waals surface area contributed by atoms with Gasteiger partial charge in [-0.2, -0.15) is 5.26 Å². The lowest BCUT2D eigenvalue weighted by molar-refractivity contribution is 0.0472. The van der Waals surface area contributed by atoms with E-state index in [1.54, 1.807) is 24.3 Å². The molecule has 5 nitrogen and oxygen atoms in total. The average molecular weight is 428 g/mol. The van der Waals surface area contributed by atoms with Crippen molar-refractivity contribution in [2.45, 2.75) is 47.3 Å². The van der Waals surface area contributed by atoms with Gasteiger partial charge < -0.3 is 10.5 Å². The van der Waals surface area contributed by atoms with E-state index in [0.717, 1.165) is 39.9 Å². The molecule has 2 aromatic carbocycles. The summed E-state index contributed by atoms with van der Waals surface area (Å²) in [5.41, 5.74) is 13.3. The lowest BCUT2D eigenvalue weighted by Gasteiger charge is -2.20. The second-order valence-corrected chi connectivity index (χ2v) is 8.43. The first-order valence-electron chi connectivity index (χ1n) is 10.8. The zero-order chi connectivity index (χ0) is 23.3. The lowest BCUT2D eigenvalue weighted by Crippen LogP contribution is -2.17. The number of esters is 1. The highest BCUT2D eigenvalue weighted by Gasteiger charge is 2.24. The van der Waals surface area contributed by atoms with Crippen molar-refractivity contribution in [3.05, 3.63) is 87.7 Å². The first kappa shape index (κ1) is 23.2. The second-order valence-electron chi connectivity index (χ2n) is 8.43. The van der Waals surface area contributed by atoms with E-state index in [0.29, 0.717) is 22.7 Å². The maximum absolute atomic E-state index is 13.3. The highest BCUT2D eigenvalue weighted by Crippen LogP contribution is 2.33. The van der Waals surface area contributed by atoms with Gasteiger partial charge in [0.15, 0.2) is 0 Å². The molecular formula is C27H29N3O2. The highest BCUT2D eigenvalue weighted by atomic mass is 16.5. The van der Waals surface area contributed by atoms with Crippen LogP contribution < -0.4 is 5.73 Å². The number of hydrogen-bond acceptors (Lipinski definition) is 5. The molecule has 3 aromatic rings. The van der Waals surface area contributed by atoms with Gasteiger partial charge in [-0.25, -0.2) is 4.79 Å². The number of aromatic nitrogens is 1. The van der Waals surface area contributed by atoms with Crippen molar-refractivity contribution in [2.24, 2.45) is 11.7 Å². The molecule has 0 radical (unpaired) electrons. The molecule has 0 amide bonds. The first-order chi connectivity index (χ1) is 15.3. The van der Waals surface area contributed by atoms with Crippen LogP contribution in [0.2, 0.25) is 0 Å². The van der Waals surface area contributed by atoms with Crippen LogP contribution in [0.3, 0.4) is 0 Å². The molecule has 0 saturated heterocycles. The SMILES string of the molecule is Cc1ccc(-c2c(CN)c(CC(C)C)nc(C)c2C(=O)OCc2ccc(C#N)cc2)cc1. The van der Waals surface area contributed by atoms with Crippen molar-refractivity contribution in [1.82, 2.24) is 4.98 Å². The number of rotatable bonds is 7. The number of nitrogens with zero attached hydrogens (tertiary/aromatic N) is 2. The Bertz CT molecular complexity index is 1140. The normalized spacial score (nSPS) is 10.8. The fourth-order valence-electron chi connectivity index (χ4n) is 3.76. The molecule has 1 aromatic heterocycles. The summed E-state index contributed by atoms with van der Waals surface area (Å²) >= 11 is 0. The molecule has 5 heteroatoms. The molecule has 2 N–H and O–H groups in total. The first-order valence-corrected chi connectivity index (χ1v) is 10.8. The van der Waals surface area contributed by atoms with Gasteiger partial charge in [0.25, 0.3) is 0 Å². The van der Waals surface area contributed by atoms with Crippen molar-refractivity contribution in [3.63, 3.8) is 0 Å². The van der Waals surface area contributed by atoms with Crippen LogP contribution in [0.4, 0.5) is 0 Å². The van der Waals surface area contributed by atoms with E-state index in [1.807, 2.05) is 38.1 Å². The third-order valence-corrected chi connectivity index (χ3v) is 5.37. The monoisotopic (exact) mass is 427 g/mol. The summed E-state index contributed by atoms with van der Waals surface area (Å²) in [4.78, 5) is 18.0. The topological polar surface area (TPSA) is 89.0 Å². The van der Waals surface area contributed by atoms with Crippen LogP contribution in [0.1, 0.15) is 57.8 Å². The lowest BCUT2D eigenvalue weighted by atomic mass is 9.90. The van der Waals surface area contributed by atoms with Crippen molar-refractivity contribution in [1.29, 1.82) is 5.26 Å². The summed E-state index contributed by atoms with van der Waals surface area (Å²) < 4.78 is 5.67. The van der Waals surface area contributed by atoms with E-state index >= 15 is 0 Å². The van der Waals surface area contributed by atoms with Crippen LogP contribution >= 0.6 is 0 Å². The fourth-order valence-corrected chi connectivity index (χ4v) is 3.76. The number of aryl methyl sites for hydroxylation is 2. The number of pyridine rings is 1. The van der Waals surface area contributed by atoms with Gasteiger partial charge in [0, 0.05) is 17.8 Å². The van der Waals surface area contributed by atoms with Crippen LogP contribution in [-0.4, -0.2) is 11.0 Å². The predicted octanol–water partition coefficient (Wildman–Crippen LogP) is 5.25. The van der Waals surface area contributed by atoms with Gasteiger partial charge in [0.1, 0.15) is 6.61 Å². The number of carbonyl (C=O) groups is 1. The molecular weight excluding hydrogens is 398 g/mol. The van der Waals surface area contributed by atoms with Crippen LogP contribution in [0.15, 0.2) is 48.5 Å². The van der Waals surface area contributed by atoms with Gasteiger partial charge in [-0.1, -0.05) is 55.8 Å². The zero-order valence-corrected chi connectivity index (χ0v) is 19.1. The molecule has 0 fully saturated rings. The quantitative estimate of drug-likeness (QED) is 0.520. The van der Waals surface area contributed by atoms with Crippen LogP contribution in [-0.2, 0) is 24.3 Å². The number of nitrogens with two attached hydrogens (primary N) is 1. The minimum Gasteiger partial charge on any atom is -0.457 e. The second kappa shape index (κ2) is 10.2. The molecule has 0 aliphatic heterocycles. The summed E-state index contributed by atoms with van der Waals surface area (Å²) in [5, 5.41) is 8.96. The zero-order valence-electron chi connectivity index (χ0n) is 19.1. The number of benzene rings is 2. The summed E-state index contributed by atoms with van der Waals surface area (Å²) in [6.45, 7) is 8.56. The highest BCUT2D eigenvalue weighted by molar-refractivity contribution is 5.99. The Morgan fingerprint density at radius 3 is 2.31 bits per heavy atom. The molecule has 0 atom stereocenters. The number of hydrogen-bond donors (Lipinski definition) is 1. The van der Waals surface area contributed by atoms with E-state index < -0.39 is 5.97 Å². The summed E-state index contributed by atoms with van der Waals surface area (Å²) in [5.74, 6) is -0.0204. The minimum atomic E-state index is -0.430. The van der Waals surface area contributed by atoms with Crippen LogP contribution in [0.25, 0.3) is 11.1 Å². The van der Waals surface area contributed by atoms with E-state index in [4.69, 9.17) is 20.7 Å². The Labute approximate surface area is 189 Å². The smallest absolute Gasteiger partial charge is 0.340 e. The van der Waals surface area contributed by atoms with Crippen molar-refractivity contribution >= 4 is 5.97 Å². The average Bonchev–Trinajstić information content (AvgIpc) is 2.77. The maximum Gasteiger partial charge on any atom is 0.340 e. The summed E-state index contributed by atoms with van der Waals surface area (Å²) in [6, 6.07) is 17.2. The molecule has 0 saturated carbocycles. The van der Waals surface area contributed by atoms with E-state index in [9.17, 15) is 4.79 Å². The van der Waals surface area contributed by atoms with Crippen molar-refractivity contribution in [2.75, 3.05) is 0 Å². The Morgan fingerprint density at radius 2 is 1.75 bits per heavy atom. The van der Waals surface area contributed by atoms with E-state index in [1.165, 1.54) is 0 Å². The maximum atomic E-state index is 13.3. The Balaban J connectivity index is 2.05. The Morgan fingerprint density at radius 1 is 1.09 bits per heavy atom. The minimum absolute atomic E-state index is 0.114. The molecule has 0 aliphatic carbocycles. The van der Waals surface area contributed by atoms with E-state index in [-0.39, 0.29) is 13.2 Å². The molecule has 0 spiro atoms. The third kappa shape index (κ3) is 5.22. The van der Waals surface area contributed by atoms with Crippen molar-refractivity contribution < 1.29 is 9.53 Å². The molecule has 3 rings (SSSR count). The van der Waals surface area contributed by atoms with Crippen molar-refractivity contribution in [3.8, 4) is 17.2 Å². The predicted molar refractivity (Wildman–Crippen MR) is 126 cm³/mol. The molecule has 0 unspecified atom stereocenters. The van der Waals surface area contributed by atoms with Gasteiger partial charge in [-0.3, -0.25) is 4.98 Å². The van der Waals surface area contributed by atoms with Crippen LogP contribution in [0, 0.1) is 31.1 Å². The molecule has 32 heavy (non-hydrogen) atoms. The Hall–Kier alpha value is -3.49. The standard InChI is InChI=1S/C27H29N3O2/c1-17(2)13-24-23(15-29)26(22-11-5-18(3)6-12-22)25(19(4)30-24)27(31)32-16-21-9-7-20(14-28)8-10-21/h5-12,17H,13,15-16,29H2,1-4H3. The molecule has 0 bridgehead atoms. The molecule has 0 aliphatic rings. The van der Waals surface area contributed by atoms with Gasteiger partial charge in [-0.05, 0) is 55.0 Å². The number of ether oxygens (including phenoxy) is 1. The number of carbonyl (C=O) groups excluding carboxylic acids is 1. The molecule has 1 heterocycles.